The minimum Gasteiger partial charge on any atom is -0.431 e. The fourth-order valence-corrected chi connectivity index (χ4v) is 1.82. The Morgan fingerprint density at radius 3 is 2.77 bits per heavy atom. The van der Waals surface area contributed by atoms with E-state index in [0.29, 0.717) is 13.0 Å². The SMILES string of the molecule is CN1C(=O)OC2(CCCNC2)C1=O. The Morgan fingerprint density at radius 1 is 1.54 bits per heavy atom. The number of carbonyl (C=O) groups is 2. The minimum absolute atomic E-state index is 0.218. The Kier molecular flexibility index (Phi) is 1.76. The summed E-state index contributed by atoms with van der Waals surface area (Å²) >= 11 is 0. The molecule has 1 atom stereocenters. The summed E-state index contributed by atoms with van der Waals surface area (Å²) in [5.74, 6) is -0.218. The van der Waals surface area contributed by atoms with Crippen LogP contribution in [0.1, 0.15) is 12.8 Å². The number of amides is 2. The van der Waals surface area contributed by atoms with E-state index < -0.39 is 11.7 Å². The van der Waals surface area contributed by atoms with Gasteiger partial charge in [0.05, 0.1) is 0 Å². The number of hydrogen-bond donors (Lipinski definition) is 1. The Balaban J connectivity index is 2.23. The number of nitrogens with zero attached hydrogens (tertiary/aromatic N) is 1. The molecule has 2 aliphatic heterocycles. The summed E-state index contributed by atoms with van der Waals surface area (Å²) in [7, 11) is 1.45. The molecule has 1 N–H and O–H groups in total. The number of carbonyl (C=O) groups excluding carboxylic acids is 2. The lowest BCUT2D eigenvalue weighted by molar-refractivity contribution is -0.137. The van der Waals surface area contributed by atoms with Crippen LogP contribution in [0.15, 0.2) is 0 Å². The number of ether oxygens (including phenoxy) is 1. The fraction of sp³-hybridized carbons (Fsp3) is 0.750. The number of nitrogens with one attached hydrogen (secondary N) is 1. The van der Waals surface area contributed by atoms with Crippen molar-refractivity contribution in [1.29, 1.82) is 0 Å². The second-order valence-corrected chi connectivity index (χ2v) is 3.51. The molecule has 2 fully saturated rings. The predicted molar refractivity (Wildman–Crippen MR) is 44.1 cm³/mol. The molecule has 0 saturated carbocycles. The van der Waals surface area contributed by atoms with Crippen LogP contribution in [0.25, 0.3) is 0 Å². The molecule has 2 saturated heterocycles. The van der Waals surface area contributed by atoms with Crippen molar-refractivity contribution in [2.24, 2.45) is 0 Å². The van der Waals surface area contributed by atoms with Gasteiger partial charge < -0.3 is 10.1 Å². The zero-order valence-electron chi connectivity index (χ0n) is 7.50. The molecule has 0 bridgehead atoms. The third-order valence-electron chi connectivity index (χ3n) is 2.60. The standard InChI is InChI=1S/C8H12N2O3/c1-10-6(11)8(13-7(10)12)3-2-4-9-5-8/h9H,2-5H2,1H3. The molecule has 2 aliphatic rings. The number of imide groups is 1. The molecule has 0 aromatic carbocycles. The normalized spacial score (nSPS) is 34.1. The summed E-state index contributed by atoms with van der Waals surface area (Å²) < 4.78 is 5.09. The summed E-state index contributed by atoms with van der Waals surface area (Å²) in [6.07, 6.45) is 0.968. The highest BCUT2D eigenvalue weighted by atomic mass is 16.6. The van der Waals surface area contributed by atoms with Gasteiger partial charge in [0.1, 0.15) is 0 Å². The number of rotatable bonds is 0. The molecule has 5 nitrogen and oxygen atoms in total. The van der Waals surface area contributed by atoms with E-state index in [1.165, 1.54) is 7.05 Å². The third kappa shape index (κ3) is 1.11. The predicted octanol–water partition coefficient (Wildman–Crippen LogP) is -0.283. The van der Waals surface area contributed by atoms with E-state index in [0.717, 1.165) is 17.9 Å². The first-order valence-electron chi connectivity index (χ1n) is 4.38. The third-order valence-corrected chi connectivity index (χ3v) is 2.60. The molecule has 0 radical (unpaired) electrons. The summed E-state index contributed by atoms with van der Waals surface area (Å²) in [5.41, 5.74) is -0.899. The van der Waals surface area contributed by atoms with Crippen molar-refractivity contribution in [2.75, 3.05) is 20.1 Å². The lowest BCUT2D eigenvalue weighted by Gasteiger charge is -2.29. The molecule has 1 spiro atoms. The van der Waals surface area contributed by atoms with Gasteiger partial charge in [0, 0.05) is 13.6 Å². The van der Waals surface area contributed by atoms with Crippen molar-refractivity contribution < 1.29 is 14.3 Å². The molecule has 2 rings (SSSR count). The van der Waals surface area contributed by atoms with E-state index in [-0.39, 0.29) is 5.91 Å². The van der Waals surface area contributed by atoms with E-state index in [2.05, 4.69) is 5.32 Å². The Bertz CT molecular complexity index is 258. The summed E-state index contributed by atoms with van der Waals surface area (Å²) in [6, 6.07) is 0. The van der Waals surface area contributed by atoms with Gasteiger partial charge >= 0.3 is 6.09 Å². The lowest BCUT2D eigenvalue weighted by atomic mass is 9.93. The quantitative estimate of drug-likeness (QED) is 0.562. The molecule has 2 heterocycles. The highest BCUT2D eigenvalue weighted by Crippen LogP contribution is 2.29. The van der Waals surface area contributed by atoms with E-state index in [1.807, 2.05) is 0 Å². The molecule has 5 heteroatoms. The van der Waals surface area contributed by atoms with Crippen molar-refractivity contribution in [2.45, 2.75) is 18.4 Å². The highest BCUT2D eigenvalue weighted by Gasteiger charge is 2.52. The number of likely N-dealkylation sites (N-methyl/N-ethyl adjacent to an activating group) is 1. The first-order chi connectivity index (χ1) is 6.16. The molecule has 1 unspecified atom stereocenters. The van der Waals surface area contributed by atoms with Gasteiger partial charge in [-0.2, -0.15) is 0 Å². The van der Waals surface area contributed by atoms with Crippen molar-refractivity contribution in [1.82, 2.24) is 10.2 Å². The lowest BCUT2D eigenvalue weighted by Crippen LogP contribution is -2.51. The van der Waals surface area contributed by atoms with Crippen LogP contribution in [0.5, 0.6) is 0 Å². The van der Waals surface area contributed by atoms with Crippen molar-refractivity contribution in [3.63, 3.8) is 0 Å². The molecule has 0 aromatic rings. The highest BCUT2D eigenvalue weighted by molar-refractivity contribution is 6.02. The molecule has 13 heavy (non-hydrogen) atoms. The van der Waals surface area contributed by atoms with Crippen LogP contribution >= 0.6 is 0 Å². The van der Waals surface area contributed by atoms with Crippen LogP contribution in [0, 0.1) is 0 Å². The van der Waals surface area contributed by atoms with Crippen LogP contribution < -0.4 is 5.32 Å². The Labute approximate surface area is 76.0 Å². The average Bonchev–Trinajstić information content (AvgIpc) is 2.33. The molecule has 0 aromatic heterocycles. The van der Waals surface area contributed by atoms with Crippen LogP contribution in [-0.2, 0) is 9.53 Å². The van der Waals surface area contributed by atoms with Crippen LogP contribution in [0.3, 0.4) is 0 Å². The van der Waals surface area contributed by atoms with Gasteiger partial charge in [0.2, 0.25) is 5.60 Å². The second kappa shape index (κ2) is 2.70. The van der Waals surface area contributed by atoms with E-state index in [1.54, 1.807) is 0 Å². The van der Waals surface area contributed by atoms with Gasteiger partial charge in [0.15, 0.2) is 0 Å². The zero-order chi connectivity index (χ0) is 9.47. The van der Waals surface area contributed by atoms with Crippen LogP contribution in [0.2, 0.25) is 0 Å². The molecule has 72 valence electrons. The van der Waals surface area contributed by atoms with E-state index in [9.17, 15) is 9.59 Å². The smallest absolute Gasteiger partial charge is 0.417 e. The maximum absolute atomic E-state index is 11.6. The van der Waals surface area contributed by atoms with Gasteiger partial charge in [0.25, 0.3) is 5.91 Å². The van der Waals surface area contributed by atoms with Gasteiger partial charge in [-0.05, 0) is 19.4 Å². The van der Waals surface area contributed by atoms with Crippen molar-refractivity contribution >= 4 is 12.0 Å². The topological polar surface area (TPSA) is 58.6 Å². The average molecular weight is 184 g/mol. The number of piperidine rings is 1. The van der Waals surface area contributed by atoms with Crippen LogP contribution in [0.4, 0.5) is 4.79 Å². The fourth-order valence-electron chi connectivity index (χ4n) is 1.82. The maximum atomic E-state index is 11.6. The van der Waals surface area contributed by atoms with E-state index >= 15 is 0 Å². The van der Waals surface area contributed by atoms with Crippen molar-refractivity contribution in [3.8, 4) is 0 Å². The Hall–Kier alpha value is -1.10. The monoisotopic (exact) mass is 184 g/mol. The van der Waals surface area contributed by atoms with E-state index in [4.69, 9.17) is 4.74 Å². The van der Waals surface area contributed by atoms with Crippen molar-refractivity contribution in [3.05, 3.63) is 0 Å². The van der Waals surface area contributed by atoms with Gasteiger partial charge in [-0.1, -0.05) is 0 Å². The maximum Gasteiger partial charge on any atom is 0.417 e. The molecule has 2 amide bonds. The first kappa shape index (κ1) is 8.50. The number of hydrogen-bond acceptors (Lipinski definition) is 4. The van der Waals surface area contributed by atoms with Crippen LogP contribution in [-0.4, -0.2) is 42.6 Å². The molecular weight excluding hydrogens is 172 g/mol. The van der Waals surface area contributed by atoms with Gasteiger partial charge in [-0.3, -0.25) is 4.79 Å². The summed E-state index contributed by atoms with van der Waals surface area (Å²) in [6.45, 7) is 1.33. The second-order valence-electron chi connectivity index (χ2n) is 3.51. The first-order valence-corrected chi connectivity index (χ1v) is 4.38. The summed E-state index contributed by atoms with van der Waals surface area (Å²) in [5, 5.41) is 3.06. The zero-order valence-corrected chi connectivity index (χ0v) is 7.50. The summed E-state index contributed by atoms with van der Waals surface area (Å²) in [4.78, 5) is 23.8. The molecule has 0 aliphatic carbocycles. The minimum atomic E-state index is -0.899. The Morgan fingerprint density at radius 2 is 2.31 bits per heavy atom. The largest absolute Gasteiger partial charge is 0.431 e. The molecular formula is C8H12N2O3. The van der Waals surface area contributed by atoms with Gasteiger partial charge in [-0.15, -0.1) is 0 Å². The van der Waals surface area contributed by atoms with Gasteiger partial charge in [-0.25, -0.2) is 9.69 Å².